The van der Waals surface area contributed by atoms with Crippen LogP contribution < -0.4 is 4.90 Å². The maximum atomic E-state index is 11.7. The monoisotopic (exact) mass is 263 g/mol. The third-order valence-corrected chi connectivity index (χ3v) is 3.64. The molecule has 0 N–H and O–H groups in total. The van der Waals surface area contributed by atoms with Crippen molar-refractivity contribution < 1.29 is 4.79 Å². The number of hydrogen-bond donors (Lipinski definition) is 0. The lowest BCUT2D eigenvalue weighted by Gasteiger charge is -2.27. The van der Waals surface area contributed by atoms with Crippen LogP contribution in [0.25, 0.3) is 0 Å². The van der Waals surface area contributed by atoms with E-state index in [9.17, 15) is 4.79 Å². The van der Waals surface area contributed by atoms with Crippen LogP contribution in [0, 0.1) is 0 Å². The minimum Gasteiger partial charge on any atom is -0.344 e. The van der Waals surface area contributed by atoms with Gasteiger partial charge in [-0.3, -0.25) is 4.79 Å². The lowest BCUT2D eigenvalue weighted by atomic mass is 9.96. The number of nitrogens with zero attached hydrogens (tertiary/aromatic N) is 1. The first-order valence-electron chi connectivity index (χ1n) is 6.86. The number of carbonyl (C=O) groups is 1. The number of benzene rings is 2. The number of carbonyl (C=O) groups excluding carboxylic acids is 1. The molecule has 20 heavy (non-hydrogen) atoms. The van der Waals surface area contributed by atoms with E-state index in [0.717, 1.165) is 29.8 Å². The fourth-order valence-corrected chi connectivity index (χ4v) is 2.68. The highest BCUT2D eigenvalue weighted by Gasteiger charge is 2.17. The zero-order valence-electron chi connectivity index (χ0n) is 11.5. The van der Waals surface area contributed by atoms with Crippen molar-refractivity contribution in [1.29, 1.82) is 0 Å². The molecule has 0 amide bonds. The molecule has 1 aliphatic rings. The van der Waals surface area contributed by atoms with Crippen molar-refractivity contribution in [3.8, 4) is 0 Å². The highest BCUT2D eigenvalue weighted by Crippen LogP contribution is 2.30. The van der Waals surface area contributed by atoms with Gasteiger partial charge in [-0.05, 0) is 30.5 Å². The maximum Gasteiger partial charge on any atom is 0.160 e. The molecule has 1 heterocycles. The van der Waals surface area contributed by atoms with E-state index in [-0.39, 0.29) is 5.78 Å². The van der Waals surface area contributed by atoms with Crippen LogP contribution in [0.2, 0.25) is 0 Å². The number of rotatable bonds is 3. The van der Waals surface area contributed by atoms with E-state index in [4.69, 9.17) is 0 Å². The van der Waals surface area contributed by atoms with Crippen LogP contribution in [-0.4, -0.2) is 5.78 Å². The SMILES string of the molecule is CC(=O)c1cccc2c1CC=CN2Cc1ccccc1. The third-order valence-electron chi connectivity index (χ3n) is 3.64. The molecule has 2 heteroatoms. The van der Waals surface area contributed by atoms with Gasteiger partial charge < -0.3 is 4.90 Å². The summed E-state index contributed by atoms with van der Waals surface area (Å²) in [6.45, 7) is 2.46. The lowest BCUT2D eigenvalue weighted by Crippen LogP contribution is -2.21. The van der Waals surface area contributed by atoms with Gasteiger partial charge in [-0.1, -0.05) is 48.5 Å². The third kappa shape index (κ3) is 2.37. The first kappa shape index (κ1) is 12.7. The predicted molar refractivity (Wildman–Crippen MR) is 81.9 cm³/mol. The average molecular weight is 263 g/mol. The van der Waals surface area contributed by atoms with Crippen LogP contribution in [0.1, 0.15) is 28.4 Å². The Kier molecular flexibility index (Phi) is 3.38. The fraction of sp³-hybridized carbons (Fsp3) is 0.167. The molecular formula is C18H17NO. The molecule has 0 fully saturated rings. The van der Waals surface area contributed by atoms with Crippen LogP contribution >= 0.6 is 0 Å². The highest BCUT2D eigenvalue weighted by molar-refractivity contribution is 5.97. The Bertz CT molecular complexity index is 658. The van der Waals surface area contributed by atoms with Gasteiger partial charge in [0.2, 0.25) is 0 Å². The molecule has 0 aliphatic carbocycles. The molecule has 2 aromatic rings. The molecule has 0 atom stereocenters. The summed E-state index contributed by atoms with van der Waals surface area (Å²) in [5.74, 6) is 0.136. The zero-order valence-corrected chi connectivity index (χ0v) is 11.5. The van der Waals surface area contributed by atoms with Gasteiger partial charge in [0, 0.05) is 24.0 Å². The molecule has 0 saturated heterocycles. The Morgan fingerprint density at radius 2 is 1.90 bits per heavy atom. The molecule has 0 radical (unpaired) electrons. The summed E-state index contributed by atoms with van der Waals surface area (Å²) in [6.07, 6.45) is 5.06. The second-order valence-electron chi connectivity index (χ2n) is 5.06. The second kappa shape index (κ2) is 5.33. The minimum atomic E-state index is 0.136. The maximum absolute atomic E-state index is 11.7. The van der Waals surface area contributed by atoms with Crippen LogP contribution in [0.4, 0.5) is 5.69 Å². The Morgan fingerprint density at radius 3 is 2.65 bits per heavy atom. The summed E-state index contributed by atoms with van der Waals surface area (Å²) >= 11 is 0. The van der Waals surface area contributed by atoms with Crippen LogP contribution in [-0.2, 0) is 13.0 Å². The van der Waals surface area contributed by atoms with Crippen molar-refractivity contribution in [2.45, 2.75) is 19.9 Å². The highest BCUT2D eigenvalue weighted by atomic mass is 16.1. The van der Waals surface area contributed by atoms with Gasteiger partial charge in [0.15, 0.2) is 5.78 Å². The topological polar surface area (TPSA) is 20.3 Å². The van der Waals surface area contributed by atoms with Crippen molar-refractivity contribution in [3.05, 3.63) is 77.5 Å². The Morgan fingerprint density at radius 1 is 1.10 bits per heavy atom. The van der Waals surface area contributed by atoms with Crippen LogP contribution in [0.3, 0.4) is 0 Å². The molecule has 0 spiro atoms. The molecule has 2 aromatic carbocycles. The Balaban J connectivity index is 1.97. The molecule has 0 saturated carbocycles. The number of hydrogen-bond acceptors (Lipinski definition) is 2. The summed E-state index contributed by atoms with van der Waals surface area (Å²) < 4.78 is 0. The van der Waals surface area contributed by atoms with Gasteiger partial charge in [0.05, 0.1) is 0 Å². The van der Waals surface area contributed by atoms with Gasteiger partial charge in [-0.2, -0.15) is 0 Å². The zero-order chi connectivity index (χ0) is 13.9. The van der Waals surface area contributed by atoms with Crippen molar-refractivity contribution >= 4 is 11.5 Å². The van der Waals surface area contributed by atoms with E-state index in [1.165, 1.54) is 5.56 Å². The molecule has 3 rings (SSSR count). The Hall–Kier alpha value is -2.35. The number of Topliss-reactive ketones (excluding diaryl/α,β-unsaturated/α-hetero) is 1. The summed E-state index contributed by atoms with van der Waals surface area (Å²) in [4.78, 5) is 13.9. The number of ketones is 1. The summed E-state index contributed by atoms with van der Waals surface area (Å²) in [6, 6.07) is 16.3. The fourth-order valence-electron chi connectivity index (χ4n) is 2.68. The van der Waals surface area contributed by atoms with Crippen molar-refractivity contribution in [2.75, 3.05) is 4.90 Å². The second-order valence-corrected chi connectivity index (χ2v) is 5.06. The van der Waals surface area contributed by atoms with Gasteiger partial charge in [-0.25, -0.2) is 0 Å². The molecule has 0 bridgehead atoms. The van der Waals surface area contributed by atoms with E-state index in [2.05, 4.69) is 47.5 Å². The normalized spacial score (nSPS) is 13.2. The molecule has 0 aromatic heterocycles. The van der Waals surface area contributed by atoms with Gasteiger partial charge in [0.1, 0.15) is 0 Å². The molecule has 100 valence electrons. The standard InChI is InChI=1S/C18H17NO/c1-14(20)16-9-5-11-18-17(16)10-6-12-19(18)13-15-7-3-2-4-8-15/h2-9,11-12H,10,13H2,1H3. The van der Waals surface area contributed by atoms with Gasteiger partial charge in [0.25, 0.3) is 0 Å². The van der Waals surface area contributed by atoms with Gasteiger partial charge >= 0.3 is 0 Å². The van der Waals surface area contributed by atoms with Gasteiger partial charge in [-0.15, -0.1) is 0 Å². The number of anilines is 1. The van der Waals surface area contributed by atoms with Crippen LogP contribution in [0.5, 0.6) is 0 Å². The Labute approximate surface area is 119 Å². The number of allylic oxidation sites excluding steroid dienone is 1. The molecule has 0 unspecified atom stereocenters. The number of fused-ring (bicyclic) bond motifs is 1. The lowest BCUT2D eigenvalue weighted by molar-refractivity contribution is 0.101. The van der Waals surface area contributed by atoms with Crippen molar-refractivity contribution in [1.82, 2.24) is 0 Å². The van der Waals surface area contributed by atoms with E-state index in [1.807, 2.05) is 18.2 Å². The molecule has 2 nitrogen and oxygen atoms in total. The minimum absolute atomic E-state index is 0.136. The first-order valence-corrected chi connectivity index (χ1v) is 6.86. The summed E-state index contributed by atoms with van der Waals surface area (Å²) in [5, 5.41) is 0. The first-order chi connectivity index (χ1) is 9.75. The largest absolute Gasteiger partial charge is 0.344 e. The van der Waals surface area contributed by atoms with Crippen molar-refractivity contribution in [2.24, 2.45) is 0 Å². The summed E-state index contributed by atoms with van der Waals surface area (Å²) in [7, 11) is 0. The van der Waals surface area contributed by atoms with E-state index in [0.29, 0.717) is 0 Å². The van der Waals surface area contributed by atoms with E-state index in [1.54, 1.807) is 6.92 Å². The molecule has 1 aliphatic heterocycles. The summed E-state index contributed by atoms with van der Waals surface area (Å²) in [5.41, 5.74) is 4.38. The predicted octanol–water partition coefficient (Wildman–Crippen LogP) is 3.97. The van der Waals surface area contributed by atoms with E-state index >= 15 is 0 Å². The quantitative estimate of drug-likeness (QED) is 0.781. The van der Waals surface area contributed by atoms with E-state index < -0.39 is 0 Å². The molecular weight excluding hydrogens is 246 g/mol. The smallest absolute Gasteiger partial charge is 0.160 e. The van der Waals surface area contributed by atoms with Crippen LogP contribution in [0.15, 0.2) is 60.8 Å². The van der Waals surface area contributed by atoms with Crippen molar-refractivity contribution in [3.63, 3.8) is 0 Å². The average Bonchev–Trinajstić information content (AvgIpc) is 2.48.